The first-order valence-electron chi connectivity index (χ1n) is 10.7. The SMILES string of the molecule is CCn1nc(-c2ccc(-c3ccc(C)nc3)cc2)nc1Nc1ccc2c(c1)CN(C)C2=O. The highest BCUT2D eigenvalue weighted by atomic mass is 16.2. The summed E-state index contributed by atoms with van der Waals surface area (Å²) < 4.78 is 1.84. The lowest BCUT2D eigenvalue weighted by atomic mass is 10.1. The van der Waals surface area contributed by atoms with Crippen molar-refractivity contribution in [3.8, 4) is 22.5 Å². The summed E-state index contributed by atoms with van der Waals surface area (Å²) in [6.07, 6.45) is 1.89. The van der Waals surface area contributed by atoms with Gasteiger partial charge in [0.15, 0.2) is 5.82 Å². The lowest BCUT2D eigenvalue weighted by Gasteiger charge is -2.07. The van der Waals surface area contributed by atoms with Crippen LogP contribution in [0, 0.1) is 6.92 Å². The zero-order valence-corrected chi connectivity index (χ0v) is 18.3. The summed E-state index contributed by atoms with van der Waals surface area (Å²) in [5.74, 6) is 1.40. The number of carbonyl (C=O) groups is 1. The van der Waals surface area contributed by atoms with E-state index in [1.165, 1.54) is 0 Å². The summed E-state index contributed by atoms with van der Waals surface area (Å²) in [7, 11) is 1.82. The maximum atomic E-state index is 12.1. The van der Waals surface area contributed by atoms with Crippen molar-refractivity contribution in [2.45, 2.75) is 26.9 Å². The van der Waals surface area contributed by atoms with Gasteiger partial charge in [-0.3, -0.25) is 9.78 Å². The number of hydrogen-bond donors (Lipinski definition) is 1. The van der Waals surface area contributed by atoms with Crippen molar-refractivity contribution in [3.63, 3.8) is 0 Å². The summed E-state index contributed by atoms with van der Waals surface area (Å²) in [4.78, 5) is 23.0. The third-order valence-corrected chi connectivity index (χ3v) is 5.71. The van der Waals surface area contributed by atoms with E-state index < -0.39 is 0 Å². The van der Waals surface area contributed by atoms with Gasteiger partial charge in [-0.1, -0.05) is 30.3 Å². The largest absolute Gasteiger partial charge is 0.337 e. The average molecular weight is 425 g/mol. The van der Waals surface area contributed by atoms with Crippen LogP contribution in [0.25, 0.3) is 22.5 Å². The van der Waals surface area contributed by atoms with Crippen LogP contribution in [0.15, 0.2) is 60.8 Å². The first kappa shape index (κ1) is 19.9. The Kier molecular flexibility index (Phi) is 4.93. The molecule has 5 rings (SSSR count). The summed E-state index contributed by atoms with van der Waals surface area (Å²) in [5.41, 5.74) is 6.81. The van der Waals surface area contributed by atoms with E-state index in [-0.39, 0.29) is 5.91 Å². The smallest absolute Gasteiger partial charge is 0.254 e. The number of anilines is 2. The van der Waals surface area contributed by atoms with Crippen molar-refractivity contribution in [1.29, 1.82) is 0 Å². The maximum absolute atomic E-state index is 12.1. The predicted octanol–water partition coefficient (Wildman–Crippen LogP) is 4.66. The lowest BCUT2D eigenvalue weighted by molar-refractivity contribution is 0.0816. The number of aryl methyl sites for hydroxylation is 2. The minimum atomic E-state index is 0.0652. The highest BCUT2D eigenvalue weighted by Crippen LogP contribution is 2.28. The second-order valence-electron chi connectivity index (χ2n) is 8.00. The van der Waals surface area contributed by atoms with Gasteiger partial charge in [0.2, 0.25) is 5.95 Å². The normalized spacial score (nSPS) is 12.8. The Balaban J connectivity index is 1.40. The van der Waals surface area contributed by atoms with E-state index in [0.717, 1.165) is 39.2 Å². The van der Waals surface area contributed by atoms with Crippen LogP contribution >= 0.6 is 0 Å². The van der Waals surface area contributed by atoms with Gasteiger partial charge in [0.05, 0.1) is 0 Å². The Hall–Kier alpha value is -4.00. The van der Waals surface area contributed by atoms with Gasteiger partial charge in [-0.25, -0.2) is 4.68 Å². The molecule has 0 saturated carbocycles. The number of nitrogens with one attached hydrogen (secondary N) is 1. The molecule has 0 aliphatic carbocycles. The molecule has 7 nitrogen and oxygen atoms in total. The molecule has 1 aliphatic rings. The lowest BCUT2D eigenvalue weighted by Crippen LogP contribution is -2.17. The van der Waals surface area contributed by atoms with E-state index in [1.54, 1.807) is 4.90 Å². The number of amides is 1. The summed E-state index contributed by atoms with van der Waals surface area (Å²) >= 11 is 0. The first-order chi connectivity index (χ1) is 15.5. The zero-order chi connectivity index (χ0) is 22.2. The van der Waals surface area contributed by atoms with Crippen molar-refractivity contribution in [3.05, 3.63) is 77.6 Å². The van der Waals surface area contributed by atoms with E-state index in [9.17, 15) is 4.79 Å². The zero-order valence-electron chi connectivity index (χ0n) is 18.3. The number of rotatable bonds is 5. The molecule has 4 aromatic rings. The van der Waals surface area contributed by atoms with Crippen molar-refractivity contribution in [1.82, 2.24) is 24.6 Å². The molecule has 3 heterocycles. The highest BCUT2D eigenvalue weighted by molar-refractivity contribution is 5.98. The highest BCUT2D eigenvalue weighted by Gasteiger charge is 2.24. The fourth-order valence-electron chi connectivity index (χ4n) is 3.90. The Morgan fingerprint density at radius 3 is 2.47 bits per heavy atom. The summed E-state index contributed by atoms with van der Waals surface area (Å²) in [6.45, 7) is 5.33. The van der Waals surface area contributed by atoms with Crippen LogP contribution in [0.5, 0.6) is 0 Å². The molecule has 2 aromatic heterocycles. The van der Waals surface area contributed by atoms with Gasteiger partial charge in [-0.2, -0.15) is 4.98 Å². The van der Waals surface area contributed by atoms with Gasteiger partial charge >= 0.3 is 0 Å². The molecular formula is C25H24N6O. The van der Waals surface area contributed by atoms with Crippen LogP contribution in [-0.2, 0) is 13.1 Å². The first-order valence-corrected chi connectivity index (χ1v) is 10.7. The molecule has 0 atom stereocenters. The summed E-state index contributed by atoms with van der Waals surface area (Å²) in [6, 6.07) is 18.1. The quantitative estimate of drug-likeness (QED) is 0.504. The molecular weight excluding hydrogens is 400 g/mol. The van der Waals surface area contributed by atoms with E-state index in [2.05, 4.69) is 33.6 Å². The second-order valence-corrected chi connectivity index (χ2v) is 8.00. The van der Waals surface area contributed by atoms with E-state index >= 15 is 0 Å². The number of hydrogen-bond acceptors (Lipinski definition) is 5. The van der Waals surface area contributed by atoms with Crippen LogP contribution in [-0.4, -0.2) is 37.6 Å². The molecule has 2 aromatic carbocycles. The number of carbonyl (C=O) groups excluding carboxylic acids is 1. The van der Waals surface area contributed by atoms with Crippen molar-refractivity contribution >= 4 is 17.5 Å². The fourth-order valence-corrected chi connectivity index (χ4v) is 3.90. The van der Waals surface area contributed by atoms with Crippen LogP contribution in [0.2, 0.25) is 0 Å². The molecule has 0 saturated heterocycles. The Labute approximate surface area is 186 Å². The Bertz CT molecular complexity index is 1290. The molecule has 32 heavy (non-hydrogen) atoms. The van der Waals surface area contributed by atoms with Crippen molar-refractivity contribution < 1.29 is 4.79 Å². The van der Waals surface area contributed by atoms with Crippen molar-refractivity contribution in [2.24, 2.45) is 0 Å². The van der Waals surface area contributed by atoms with E-state index in [1.807, 2.05) is 68.2 Å². The fraction of sp³-hybridized carbons (Fsp3) is 0.200. The standard InChI is InChI=1S/C25H24N6O/c1-4-31-25(27-21-11-12-22-20(13-21)15-30(3)24(22)32)28-23(29-31)18-9-7-17(8-10-18)19-6-5-16(2)26-14-19/h5-14H,4,15H2,1-3H3,(H,27,28,29). The molecule has 0 bridgehead atoms. The number of fused-ring (bicyclic) bond motifs is 1. The monoisotopic (exact) mass is 424 g/mol. The van der Waals surface area contributed by atoms with Gasteiger partial charge < -0.3 is 10.2 Å². The van der Waals surface area contributed by atoms with Gasteiger partial charge in [0.25, 0.3) is 5.91 Å². The minimum absolute atomic E-state index is 0.0652. The maximum Gasteiger partial charge on any atom is 0.254 e. The topological polar surface area (TPSA) is 75.9 Å². The predicted molar refractivity (Wildman–Crippen MR) is 125 cm³/mol. The average Bonchev–Trinajstić information content (AvgIpc) is 3.34. The second kappa shape index (κ2) is 7.92. The molecule has 0 fully saturated rings. The molecule has 0 unspecified atom stereocenters. The number of pyridine rings is 1. The van der Waals surface area contributed by atoms with E-state index in [4.69, 9.17) is 4.98 Å². The van der Waals surface area contributed by atoms with Crippen LogP contribution in [0.1, 0.15) is 28.5 Å². The van der Waals surface area contributed by atoms with Crippen LogP contribution < -0.4 is 5.32 Å². The third kappa shape index (κ3) is 3.62. The van der Waals surface area contributed by atoms with E-state index in [0.29, 0.717) is 24.9 Å². The summed E-state index contributed by atoms with van der Waals surface area (Å²) in [5, 5.41) is 8.04. The Morgan fingerprint density at radius 1 is 1.00 bits per heavy atom. The van der Waals surface area contributed by atoms with Gasteiger partial charge in [-0.05, 0) is 49.2 Å². The van der Waals surface area contributed by atoms with Crippen LogP contribution in [0.3, 0.4) is 0 Å². The van der Waals surface area contributed by atoms with Gasteiger partial charge in [-0.15, -0.1) is 5.10 Å². The minimum Gasteiger partial charge on any atom is -0.337 e. The van der Waals surface area contributed by atoms with Crippen LogP contribution in [0.4, 0.5) is 11.6 Å². The van der Waals surface area contributed by atoms with Crippen molar-refractivity contribution in [2.75, 3.05) is 12.4 Å². The van der Waals surface area contributed by atoms with Gasteiger partial charge in [0.1, 0.15) is 0 Å². The third-order valence-electron chi connectivity index (χ3n) is 5.71. The molecule has 160 valence electrons. The number of aromatic nitrogens is 4. The Morgan fingerprint density at radius 2 is 1.75 bits per heavy atom. The molecule has 1 amide bonds. The molecule has 7 heteroatoms. The molecule has 1 N–H and O–H groups in total. The number of benzene rings is 2. The molecule has 0 radical (unpaired) electrons. The molecule has 0 spiro atoms. The molecule has 1 aliphatic heterocycles. The van der Waals surface area contributed by atoms with Gasteiger partial charge in [0, 0.05) is 54.4 Å². The number of nitrogens with zero attached hydrogens (tertiary/aromatic N) is 5.